The van der Waals surface area contributed by atoms with Crippen LogP contribution in [0.3, 0.4) is 0 Å². The molecule has 3 aliphatic rings. The number of hydrogen-bond donors (Lipinski definition) is 2. The second kappa shape index (κ2) is 10.7. The SMILES string of the molecule is CCNC(=NCCC1=CCOCC1)NC1CC2(CCCC2)Oc2ccccc21.I. The Kier molecular flexibility index (Phi) is 8.24. The fourth-order valence-electron chi connectivity index (χ4n) is 4.66. The van der Waals surface area contributed by atoms with E-state index in [0.29, 0.717) is 0 Å². The Balaban J connectivity index is 0.00000240. The minimum absolute atomic E-state index is 0. The summed E-state index contributed by atoms with van der Waals surface area (Å²) in [5, 5.41) is 7.15. The van der Waals surface area contributed by atoms with Gasteiger partial charge in [-0.05, 0) is 51.5 Å². The van der Waals surface area contributed by atoms with Crippen molar-refractivity contribution in [2.24, 2.45) is 4.99 Å². The number of halogens is 1. The highest BCUT2D eigenvalue weighted by Gasteiger charge is 2.43. The van der Waals surface area contributed by atoms with E-state index in [0.717, 1.165) is 70.1 Å². The van der Waals surface area contributed by atoms with Gasteiger partial charge in [0.25, 0.3) is 0 Å². The first-order valence-electron chi connectivity index (χ1n) is 10.9. The van der Waals surface area contributed by atoms with E-state index in [2.05, 4.69) is 47.9 Å². The molecule has 0 radical (unpaired) electrons. The number of ether oxygens (including phenoxy) is 2. The van der Waals surface area contributed by atoms with Gasteiger partial charge in [0.15, 0.2) is 5.96 Å². The minimum atomic E-state index is -0.00372. The molecule has 0 bridgehead atoms. The van der Waals surface area contributed by atoms with Crippen molar-refractivity contribution < 1.29 is 9.47 Å². The number of guanidine groups is 1. The number of nitrogens with zero attached hydrogens (tertiary/aromatic N) is 1. The number of benzene rings is 1. The van der Waals surface area contributed by atoms with Gasteiger partial charge in [-0.1, -0.05) is 29.8 Å². The molecule has 1 fully saturated rings. The van der Waals surface area contributed by atoms with Gasteiger partial charge in [-0.3, -0.25) is 4.99 Å². The summed E-state index contributed by atoms with van der Waals surface area (Å²) in [5.74, 6) is 1.95. The zero-order valence-electron chi connectivity index (χ0n) is 17.4. The highest BCUT2D eigenvalue weighted by Crippen LogP contribution is 2.46. The second-order valence-corrected chi connectivity index (χ2v) is 8.13. The monoisotopic (exact) mass is 511 g/mol. The summed E-state index contributed by atoms with van der Waals surface area (Å²) in [4.78, 5) is 4.86. The Hall–Kier alpha value is -1.28. The van der Waals surface area contributed by atoms with Crippen LogP contribution in [0.4, 0.5) is 0 Å². The van der Waals surface area contributed by atoms with Gasteiger partial charge in [-0.25, -0.2) is 0 Å². The van der Waals surface area contributed by atoms with Gasteiger partial charge in [-0.2, -0.15) is 0 Å². The molecule has 0 saturated heterocycles. The number of nitrogens with one attached hydrogen (secondary N) is 2. The first-order valence-corrected chi connectivity index (χ1v) is 10.9. The quantitative estimate of drug-likeness (QED) is 0.260. The number of rotatable bonds is 5. The van der Waals surface area contributed by atoms with Crippen molar-refractivity contribution in [1.29, 1.82) is 0 Å². The van der Waals surface area contributed by atoms with Gasteiger partial charge >= 0.3 is 0 Å². The number of hydrogen-bond acceptors (Lipinski definition) is 3. The van der Waals surface area contributed by atoms with Crippen LogP contribution < -0.4 is 15.4 Å². The molecule has 2 aliphatic heterocycles. The van der Waals surface area contributed by atoms with Gasteiger partial charge in [0.05, 0.1) is 19.3 Å². The molecule has 4 rings (SSSR count). The van der Waals surface area contributed by atoms with Crippen molar-refractivity contribution in [3.05, 3.63) is 41.5 Å². The average molecular weight is 511 g/mol. The zero-order valence-corrected chi connectivity index (χ0v) is 19.7. The normalized spacial score (nSPS) is 22.9. The van der Waals surface area contributed by atoms with Crippen LogP contribution in [0, 0.1) is 0 Å². The summed E-state index contributed by atoms with van der Waals surface area (Å²) in [6, 6.07) is 8.72. The molecule has 0 amide bonds. The third-order valence-corrected chi connectivity index (χ3v) is 6.13. The number of fused-ring (bicyclic) bond motifs is 1. The molecular weight excluding hydrogens is 477 g/mol. The molecule has 1 aromatic rings. The van der Waals surface area contributed by atoms with Crippen LogP contribution in [0.2, 0.25) is 0 Å². The van der Waals surface area contributed by atoms with Crippen LogP contribution >= 0.6 is 24.0 Å². The summed E-state index contributed by atoms with van der Waals surface area (Å²) in [6.45, 7) is 5.37. The van der Waals surface area contributed by atoms with Crippen molar-refractivity contribution in [2.45, 2.75) is 63.5 Å². The maximum atomic E-state index is 6.49. The number of aliphatic imine (C=N–C) groups is 1. The molecular formula is C23H34IN3O2. The van der Waals surface area contributed by atoms with Crippen LogP contribution in [0.25, 0.3) is 0 Å². The fraction of sp³-hybridized carbons (Fsp3) is 0.609. The molecule has 1 saturated carbocycles. The summed E-state index contributed by atoms with van der Waals surface area (Å²) < 4.78 is 11.9. The van der Waals surface area contributed by atoms with Crippen LogP contribution in [-0.4, -0.2) is 37.9 Å². The van der Waals surface area contributed by atoms with Crippen molar-refractivity contribution in [3.8, 4) is 5.75 Å². The molecule has 2 N–H and O–H groups in total. The van der Waals surface area contributed by atoms with Crippen molar-refractivity contribution in [3.63, 3.8) is 0 Å². The summed E-state index contributed by atoms with van der Waals surface area (Å²) in [6.07, 6.45) is 10.1. The van der Waals surface area contributed by atoms with E-state index in [9.17, 15) is 0 Å². The average Bonchev–Trinajstić information content (AvgIpc) is 3.16. The topological polar surface area (TPSA) is 54.9 Å². The van der Waals surface area contributed by atoms with Crippen molar-refractivity contribution >= 4 is 29.9 Å². The van der Waals surface area contributed by atoms with Crippen LogP contribution in [0.5, 0.6) is 5.75 Å². The molecule has 1 atom stereocenters. The predicted molar refractivity (Wildman–Crippen MR) is 128 cm³/mol. The van der Waals surface area contributed by atoms with E-state index in [1.807, 2.05) is 0 Å². The highest BCUT2D eigenvalue weighted by atomic mass is 127. The van der Waals surface area contributed by atoms with Gasteiger partial charge < -0.3 is 20.1 Å². The predicted octanol–water partition coefficient (Wildman–Crippen LogP) is 4.73. The van der Waals surface area contributed by atoms with E-state index >= 15 is 0 Å². The summed E-state index contributed by atoms with van der Waals surface area (Å²) in [5.41, 5.74) is 2.71. The first kappa shape index (κ1) is 22.4. The third kappa shape index (κ3) is 5.66. The van der Waals surface area contributed by atoms with E-state index in [-0.39, 0.29) is 35.6 Å². The van der Waals surface area contributed by atoms with Gasteiger partial charge in [0, 0.05) is 25.1 Å². The van der Waals surface area contributed by atoms with Crippen LogP contribution in [0.15, 0.2) is 40.9 Å². The second-order valence-electron chi connectivity index (χ2n) is 8.13. The Labute approximate surface area is 191 Å². The number of para-hydroxylation sites is 1. The van der Waals surface area contributed by atoms with Gasteiger partial charge in [-0.15, -0.1) is 24.0 Å². The summed E-state index contributed by atoms with van der Waals surface area (Å²) >= 11 is 0. The molecule has 5 nitrogen and oxygen atoms in total. The lowest BCUT2D eigenvalue weighted by Gasteiger charge is -2.40. The third-order valence-electron chi connectivity index (χ3n) is 6.13. The zero-order chi connectivity index (χ0) is 19.2. The molecule has 6 heteroatoms. The lowest BCUT2D eigenvalue weighted by atomic mass is 9.86. The molecule has 1 aliphatic carbocycles. The molecule has 29 heavy (non-hydrogen) atoms. The van der Waals surface area contributed by atoms with E-state index < -0.39 is 0 Å². The lowest BCUT2D eigenvalue weighted by molar-refractivity contribution is 0.0396. The van der Waals surface area contributed by atoms with Crippen LogP contribution in [0.1, 0.15) is 63.5 Å². The van der Waals surface area contributed by atoms with Crippen LogP contribution in [-0.2, 0) is 4.74 Å². The standard InChI is InChI=1S/C23H33N3O2.HI/c1-2-24-22(25-14-9-18-10-15-27-16-11-18)26-20-17-23(12-5-6-13-23)28-21-8-4-3-7-19(20)21;/h3-4,7-8,10,20H,2,5-6,9,11-17H2,1H3,(H2,24,25,26);1H. The maximum absolute atomic E-state index is 6.49. The Morgan fingerprint density at radius 2 is 2.07 bits per heavy atom. The maximum Gasteiger partial charge on any atom is 0.191 e. The highest BCUT2D eigenvalue weighted by molar-refractivity contribution is 14.0. The largest absolute Gasteiger partial charge is 0.487 e. The van der Waals surface area contributed by atoms with E-state index in [1.54, 1.807) is 0 Å². The molecule has 0 aromatic heterocycles. The first-order chi connectivity index (χ1) is 13.8. The molecule has 1 spiro atoms. The molecule has 1 aromatic carbocycles. The van der Waals surface area contributed by atoms with Gasteiger partial charge in [0.2, 0.25) is 0 Å². The van der Waals surface area contributed by atoms with Crippen molar-refractivity contribution in [1.82, 2.24) is 10.6 Å². The lowest BCUT2D eigenvalue weighted by Crippen LogP contribution is -2.46. The van der Waals surface area contributed by atoms with Crippen molar-refractivity contribution in [2.75, 3.05) is 26.3 Å². The van der Waals surface area contributed by atoms with E-state index in [1.165, 1.54) is 24.0 Å². The fourth-order valence-corrected chi connectivity index (χ4v) is 4.66. The smallest absolute Gasteiger partial charge is 0.191 e. The Morgan fingerprint density at radius 3 is 2.83 bits per heavy atom. The van der Waals surface area contributed by atoms with E-state index in [4.69, 9.17) is 14.5 Å². The molecule has 1 unspecified atom stereocenters. The summed E-state index contributed by atoms with van der Waals surface area (Å²) in [7, 11) is 0. The molecule has 2 heterocycles. The minimum Gasteiger partial charge on any atom is -0.487 e. The molecule has 160 valence electrons. The Bertz CT molecular complexity index is 729. The Morgan fingerprint density at radius 1 is 1.24 bits per heavy atom. The van der Waals surface area contributed by atoms with Gasteiger partial charge in [0.1, 0.15) is 11.4 Å².